The van der Waals surface area contributed by atoms with Crippen LogP contribution < -0.4 is 0 Å². The number of carbonyl (C=O) groups is 3. The summed E-state index contributed by atoms with van der Waals surface area (Å²) in [5, 5.41) is 10.1. The number of carboxylic acid groups (broad SMARTS) is 1. The van der Waals surface area contributed by atoms with Gasteiger partial charge >= 0.3 is 11.9 Å². The summed E-state index contributed by atoms with van der Waals surface area (Å²) in [6.45, 7) is 0.371. The quantitative estimate of drug-likeness (QED) is 0.410. The van der Waals surface area contributed by atoms with E-state index in [9.17, 15) is 14.4 Å². The number of carbonyl (C=O) groups excluding carboxylic acids is 2. The van der Waals surface area contributed by atoms with Gasteiger partial charge < -0.3 is 18.7 Å². The summed E-state index contributed by atoms with van der Waals surface area (Å²) in [7, 11) is 5.67. The maximum Gasteiger partial charge on any atom is 0.310 e. The first kappa shape index (κ1) is 20.4. The lowest BCUT2D eigenvalue weighted by Crippen LogP contribution is -2.44. The smallest absolute Gasteiger partial charge is 0.310 e. The van der Waals surface area contributed by atoms with Crippen LogP contribution in [0.15, 0.2) is 28.9 Å². The van der Waals surface area contributed by atoms with Crippen LogP contribution in [0.25, 0.3) is 11.0 Å². The number of hydrogen-bond acceptors (Lipinski definition) is 5. The van der Waals surface area contributed by atoms with Gasteiger partial charge in [0.25, 0.3) is 0 Å². The molecule has 1 aromatic carbocycles. The molecule has 0 saturated heterocycles. The number of rotatable bonds is 8. The highest BCUT2D eigenvalue weighted by molar-refractivity contribution is 6.35. The van der Waals surface area contributed by atoms with Gasteiger partial charge in [0, 0.05) is 16.9 Å². The SMILES string of the molecule is C[N+](C)(C)CC(CC(=O)O)OC(=O)[C@H]1C[C@@H]1C(=O)c1cc(Cl)c2occc2c1. The number of ketones is 1. The van der Waals surface area contributed by atoms with Gasteiger partial charge in [0.2, 0.25) is 0 Å². The second kappa shape index (κ2) is 7.56. The van der Waals surface area contributed by atoms with Crippen molar-refractivity contribution >= 4 is 40.3 Å². The Labute approximate surface area is 167 Å². The number of quaternary nitrogens is 1. The van der Waals surface area contributed by atoms with Crippen molar-refractivity contribution in [3.8, 4) is 0 Å². The molecule has 1 aliphatic rings. The average Bonchev–Trinajstić information content (AvgIpc) is 3.21. The molecule has 1 aliphatic carbocycles. The van der Waals surface area contributed by atoms with Gasteiger partial charge in [-0.15, -0.1) is 0 Å². The summed E-state index contributed by atoms with van der Waals surface area (Å²) >= 11 is 6.16. The van der Waals surface area contributed by atoms with E-state index in [1.807, 2.05) is 21.1 Å². The Balaban J connectivity index is 1.66. The summed E-state index contributed by atoms with van der Waals surface area (Å²) in [5.74, 6) is -2.74. The predicted molar refractivity (Wildman–Crippen MR) is 102 cm³/mol. The first-order valence-corrected chi connectivity index (χ1v) is 9.36. The minimum atomic E-state index is -1.03. The average molecular weight is 409 g/mol. The highest BCUT2D eigenvalue weighted by Gasteiger charge is 2.50. The number of aliphatic carboxylic acids is 1. The Morgan fingerprint density at radius 1 is 1.29 bits per heavy atom. The van der Waals surface area contributed by atoms with Gasteiger partial charge in [0.15, 0.2) is 17.5 Å². The van der Waals surface area contributed by atoms with Crippen molar-refractivity contribution in [3.63, 3.8) is 0 Å². The molecule has 3 atom stereocenters. The fraction of sp³-hybridized carbons (Fsp3) is 0.450. The highest BCUT2D eigenvalue weighted by Crippen LogP contribution is 2.43. The van der Waals surface area contributed by atoms with Crippen LogP contribution in [0.4, 0.5) is 0 Å². The topological polar surface area (TPSA) is 93.8 Å². The number of esters is 1. The van der Waals surface area contributed by atoms with E-state index in [-0.39, 0.29) is 12.2 Å². The Morgan fingerprint density at radius 3 is 2.64 bits per heavy atom. The van der Waals surface area contributed by atoms with Crippen molar-refractivity contribution in [3.05, 3.63) is 35.0 Å². The molecule has 150 valence electrons. The number of ether oxygens (including phenoxy) is 1. The third kappa shape index (κ3) is 4.72. The number of halogens is 1. The van der Waals surface area contributed by atoms with E-state index in [1.165, 1.54) is 6.26 Å². The number of carboxylic acids is 1. The zero-order valence-electron chi connectivity index (χ0n) is 16.0. The molecule has 1 N–H and O–H groups in total. The van der Waals surface area contributed by atoms with E-state index in [2.05, 4.69) is 0 Å². The third-order valence-corrected chi connectivity index (χ3v) is 4.94. The fourth-order valence-electron chi connectivity index (χ4n) is 3.34. The summed E-state index contributed by atoms with van der Waals surface area (Å²) in [4.78, 5) is 36.3. The number of fused-ring (bicyclic) bond motifs is 1. The van der Waals surface area contributed by atoms with Gasteiger partial charge in [0.05, 0.1) is 44.8 Å². The van der Waals surface area contributed by atoms with Gasteiger partial charge in [-0.2, -0.15) is 0 Å². The van der Waals surface area contributed by atoms with Crippen molar-refractivity contribution in [2.75, 3.05) is 27.7 Å². The monoisotopic (exact) mass is 408 g/mol. The number of hydrogen-bond donors (Lipinski definition) is 1. The molecule has 8 heteroatoms. The Morgan fingerprint density at radius 2 is 2.00 bits per heavy atom. The Hall–Kier alpha value is -2.38. The van der Waals surface area contributed by atoms with Crippen LogP contribution >= 0.6 is 11.6 Å². The fourth-order valence-corrected chi connectivity index (χ4v) is 3.61. The Bertz CT molecular complexity index is 928. The Kier molecular flexibility index (Phi) is 5.50. The van der Waals surface area contributed by atoms with E-state index in [1.54, 1.807) is 18.2 Å². The zero-order valence-corrected chi connectivity index (χ0v) is 16.7. The van der Waals surface area contributed by atoms with Crippen molar-refractivity contribution in [1.29, 1.82) is 0 Å². The lowest BCUT2D eigenvalue weighted by atomic mass is 10.0. The van der Waals surface area contributed by atoms with Crippen LogP contribution in [0.5, 0.6) is 0 Å². The molecule has 2 aromatic rings. The summed E-state index contributed by atoms with van der Waals surface area (Å²) < 4.78 is 11.2. The summed E-state index contributed by atoms with van der Waals surface area (Å²) in [5.41, 5.74) is 0.939. The van der Waals surface area contributed by atoms with E-state index in [0.717, 1.165) is 5.39 Å². The lowest BCUT2D eigenvalue weighted by Gasteiger charge is -2.28. The minimum absolute atomic E-state index is 0.173. The van der Waals surface area contributed by atoms with Crippen molar-refractivity contribution in [1.82, 2.24) is 0 Å². The van der Waals surface area contributed by atoms with Crippen LogP contribution in [0.2, 0.25) is 5.02 Å². The minimum Gasteiger partial charge on any atom is -0.481 e. The van der Waals surface area contributed by atoms with E-state index in [4.69, 9.17) is 25.9 Å². The first-order chi connectivity index (χ1) is 13.0. The molecule has 28 heavy (non-hydrogen) atoms. The van der Waals surface area contributed by atoms with Gasteiger partial charge in [-0.05, 0) is 24.6 Å². The maximum atomic E-state index is 12.7. The molecule has 1 fully saturated rings. The molecule has 1 saturated carbocycles. The predicted octanol–water partition coefficient (Wildman–Crippen LogP) is 3.00. The van der Waals surface area contributed by atoms with E-state index >= 15 is 0 Å². The molecule has 0 bridgehead atoms. The number of likely N-dealkylation sites (N-methyl/N-ethyl adjacent to an activating group) is 1. The standard InChI is InChI=1S/C20H22ClNO6/c1-22(2,3)10-13(8-17(23)24)28-20(26)15-9-14(15)18(25)12-6-11-4-5-27-19(11)16(21)7-12/h4-7,13-15H,8-10H2,1-3H3/p+1/t13?,14-,15-/m0/s1. The molecule has 1 unspecified atom stereocenters. The van der Waals surface area contributed by atoms with Crippen molar-refractivity contribution in [2.24, 2.45) is 11.8 Å². The van der Waals surface area contributed by atoms with Crippen molar-refractivity contribution in [2.45, 2.75) is 18.9 Å². The van der Waals surface area contributed by atoms with Gasteiger partial charge in [-0.3, -0.25) is 14.4 Å². The van der Waals surface area contributed by atoms with Crippen LogP contribution in [0, 0.1) is 11.8 Å². The van der Waals surface area contributed by atoms with Crippen LogP contribution in [-0.2, 0) is 14.3 Å². The summed E-state index contributed by atoms with van der Waals surface area (Å²) in [6.07, 6.45) is 0.888. The first-order valence-electron chi connectivity index (χ1n) is 8.99. The number of furan rings is 1. The highest BCUT2D eigenvalue weighted by atomic mass is 35.5. The second-order valence-electron chi connectivity index (χ2n) is 8.24. The van der Waals surface area contributed by atoms with Crippen LogP contribution in [0.1, 0.15) is 23.2 Å². The second-order valence-corrected chi connectivity index (χ2v) is 8.65. The number of Topliss-reactive ketones (excluding diaryl/α,β-unsaturated/α-hetero) is 1. The molecular formula is C20H23ClNO6+. The zero-order chi connectivity index (χ0) is 20.6. The number of benzene rings is 1. The third-order valence-electron chi connectivity index (χ3n) is 4.66. The molecule has 1 aromatic heterocycles. The number of nitrogens with zero attached hydrogens (tertiary/aromatic N) is 1. The molecule has 3 rings (SSSR count). The molecule has 0 aliphatic heterocycles. The maximum absolute atomic E-state index is 12.7. The molecule has 0 spiro atoms. The van der Waals surface area contributed by atoms with Gasteiger partial charge in [-0.1, -0.05) is 11.6 Å². The molecule has 0 amide bonds. The molecule has 1 heterocycles. The lowest BCUT2D eigenvalue weighted by molar-refractivity contribution is -0.873. The summed E-state index contributed by atoms with van der Waals surface area (Å²) in [6, 6.07) is 4.96. The molecular weight excluding hydrogens is 386 g/mol. The molecule has 0 radical (unpaired) electrons. The largest absolute Gasteiger partial charge is 0.481 e. The van der Waals surface area contributed by atoms with Crippen molar-refractivity contribution < 1.29 is 33.1 Å². The molecule has 7 nitrogen and oxygen atoms in total. The van der Waals surface area contributed by atoms with Crippen LogP contribution in [-0.4, -0.2) is 61.1 Å². The van der Waals surface area contributed by atoms with Gasteiger partial charge in [0.1, 0.15) is 6.54 Å². The van der Waals surface area contributed by atoms with E-state index < -0.39 is 29.9 Å². The van der Waals surface area contributed by atoms with Crippen LogP contribution in [0.3, 0.4) is 0 Å². The van der Waals surface area contributed by atoms with E-state index in [0.29, 0.717) is 33.6 Å². The normalized spacial score (nSPS) is 20.0. The van der Waals surface area contributed by atoms with Gasteiger partial charge in [-0.25, -0.2) is 0 Å².